The molecule has 0 fully saturated rings. The van der Waals surface area contributed by atoms with Gasteiger partial charge < -0.3 is 18.9 Å². The highest BCUT2D eigenvalue weighted by atomic mass is 35.5. The number of esters is 1. The van der Waals surface area contributed by atoms with Gasteiger partial charge in [-0.05, 0) is 55.7 Å². The summed E-state index contributed by atoms with van der Waals surface area (Å²) in [7, 11) is 4.63. The van der Waals surface area contributed by atoms with Gasteiger partial charge in [-0.1, -0.05) is 35.1 Å². The molecule has 0 spiro atoms. The molecule has 1 aliphatic rings. The van der Waals surface area contributed by atoms with Crippen LogP contribution in [0.3, 0.4) is 0 Å². The van der Waals surface area contributed by atoms with Crippen molar-refractivity contribution in [2.24, 2.45) is 4.99 Å². The average molecular weight is 543 g/mol. The Balaban J connectivity index is 1.98. The van der Waals surface area contributed by atoms with Crippen LogP contribution in [0, 0.1) is 6.92 Å². The molecule has 2 aromatic carbocycles. The van der Waals surface area contributed by atoms with E-state index in [-0.39, 0.29) is 12.2 Å². The van der Waals surface area contributed by atoms with E-state index in [1.165, 1.54) is 30.1 Å². The number of halogens is 1. The first kappa shape index (κ1) is 26.5. The van der Waals surface area contributed by atoms with Crippen molar-refractivity contribution in [2.45, 2.75) is 26.8 Å². The van der Waals surface area contributed by atoms with E-state index < -0.39 is 12.0 Å². The summed E-state index contributed by atoms with van der Waals surface area (Å²) >= 11 is 7.69. The number of carbonyl (C=O) groups excluding carboxylic acids is 1. The summed E-state index contributed by atoms with van der Waals surface area (Å²) in [6, 6.07) is 8.20. The lowest BCUT2D eigenvalue weighted by Crippen LogP contribution is -2.40. The van der Waals surface area contributed by atoms with Gasteiger partial charge in [0.15, 0.2) is 16.3 Å². The van der Waals surface area contributed by atoms with E-state index in [0.29, 0.717) is 54.0 Å². The summed E-state index contributed by atoms with van der Waals surface area (Å²) in [5.74, 6) is 1.09. The fourth-order valence-corrected chi connectivity index (χ4v) is 5.48. The molecule has 194 valence electrons. The summed E-state index contributed by atoms with van der Waals surface area (Å²) in [4.78, 5) is 32.0. The molecule has 1 unspecified atom stereocenters. The summed E-state index contributed by atoms with van der Waals surface area (Å²) in [5.41, 5.74) is 2.69. The predicted molar refractivity (Wildman–Crippen MR) is 143 cm³/mol. The highest BCUT2D eigenvalue weighted by Crippen LogP contribution is 2.35. The standard InChI is InChI=1S/C27H27ClN2O6S/c1-7-36-26(32)23-15(3)29-27-30(24(23)16-9-8-14(2)19(10-16)33-4)25(31)22(37-27)12-17-11-20(34-5)21(35-6)13-18(17)28/h8-13,24H,7H2,1-6H3. The molecule has 0 saturated heterocycles. The van der Waals surface area contributed by atoms with Gasteiger partial charge in [0.1, 0.15) is 5.75 Å². The molecule has 1 atom stereocenters. The molecule has 3 aromatic rings. The van der Waals surface area contributed by atoms with Crippen LogP contribution in [0.1, 0.15) is 36.6 Å². The minimum Gasteiger partial charge on any atom is -0.496 e. The highest BCUT2D eigenvalue weighted by molar-refractivity contribution is 7.07. The van der Waals surface area contributed by atoms with E-state index in [0.717, 1.165) is 5.56 Å². The number of nitrogens with zero attached hydrogens (tertiary/aromatic N) is 2. The van der Waals surface area contributed by atoms with Gasteiger partial charge in [-0.2, -0.15) is 0 Å². The van der Waals surface area contributed by atoms with Crippen molar-refractivity contribution in [3.63, 3.8) is 0 Å². The predicted octanol–water partition coefficient (Wildman–Crippen LogP) is 3.79. The van der Waals surface area contributed by atoms with Crippen molar-refractivity contribution in [2.75, 3.05) is 27.9 Å². The number of methoxy groups -OCH3 is 3. The Bertz CT molecular complexity index is 1590. The lowest BCUT2D eigenvalue weighted by Gasteiger charge is -2.25. The van der Waals surface area contributed by atoms with Crippen LogP contribution in [-0.4, -0.2) is 38.5 Å². The van der Waals surface area contributed by atoms with Gasteiger partial charge in [0.25, 0.3) is 5.56 Å². The van der Waals surface area contributed by atoms with Gasteiger partial charge in [0.2, 0.25) is 0 Å². The SMILES string of the molecule is CCOC(=O)C1=C(C)N=c2sc(=Cc3cc(OC)c(OC)cc3Cl)c(=O)n2C1c1ccc(C)c(OC)c1. The van der Waals surface area contributed by atoms with Crippen molar-refractivity contribution in [1.82, 2.24) is 4.57 Å². The first-order valence-electron chi connectivity index (χ1n) is 11.5. The zero-order valence-electron chi connectivity index (χ0n) is 21.4. The molecule has 8 nitrogen and oxygen atoms in total. The van der Waals surface area contributed by atoms with Crippen molar-refractivity contribution in [1.29, 1.82) is 0 Å². The number of fused-ring (bicyclic) bond motifs is 1. The number of thiazole rings is 1. The third-order valence-electron chi connectivity index (χ3n) is 6.05. The molecular weight excluding hydrogens is 516 g/mol. The Labute approximate surface area is 223 Å². The minimum atomic E-state index is -0.743. The molecule has 0 saturated carbocycles. The number of hydrogen-bond acceptors (Lipinski definition) is 8. The summed E-state index contributed by atoms with van der Waals surface area (Å²) in [6.45, 7) is 5.60. The zero-order chi connectivity index (χ0) is 26.9. The molecule has 10 heteroatoms. The lowest BCUT2D eigenvalue weighted by atomic mass is 9.95. The molecular formula is C27H27ClN2O6S. The van der Waals surface area contributed by atoms with Crippen LogP contribution >= 0.6 is 22.9 Å². The number of ether oxygens (including phenoxy) is 4. The topological polar surface area (TPSA) is 88.4 Å². The Hall–Kier alpha value is -3.56. The van der Waals surface area contributed by atoms with Crippen LogP contribution in [0.25, 0.3) is 6.08 Å². The van der Waals surface area contributed by atoms with Crippen molar-refractivity contribution < 1.29 is 23.7 Å². The van der Waals surface area contributed by atoms with E-state index in [4.69, 9.17) is 30.5 Å². The Morgan fingerprint density at radius 3 is 2.41 bits per heavy atom. The second-order valence-electron chi connectivity index (χ2n) is 8.26. The average Bonchev–Trinajstić information content (AvgIpc) is 3.18. The molecule has 0 radical (unpaired) electrons. The summed E-state index contributed by atoms with van der Waals surface area (Å²) in [5, 5.41) is 0.395. The first-order chi connectivity index (χ1) is 17.7. The summed E-state index contributed by atoms with van der Waals surface area (Å²) in [6.07, 6.45) is 1.68. The second-order valence-corrected chi connectivity index (χ2v) is 9.68. The van der Waals surface area contributed by atoms with Gasteiger partial charge in [0.05, 0.1) is 54.8 Å². The lowest BCUT2D eigenvalue weighted by molar-refractivity contribution is -0.139. The molecule has 0 N–H and O–H groups in total. The van der Waals surface area contributed by atoms with Crippen molar-refractivity contribution >= 4 is 35.0 Å². The Morgan fingerprint density at radius 1 is 1.08 bits per heavy atom. The maximum atomic E-state index is 13.8. The van der Waals surface area contributed by atoms with Gasteiger partial charge in [0, 0.05) is 6.07 Å². The highest BCUT2D eigenvalue weighted by Gasteiger charge is 2.33. The number of benzene rings is 2. The smallest absolute Gasteiger partial charge is 0.338 e. The third-order valence-corrected chi connectivity index (χ3v) is 7.36. The maximum absolute atomic E-state index is 13.8. The fraction of sp³-hybridized carbons (Fsp3) is 0.296. The number of aryl methyl sites for hydroxylation is 1. The minimum absolute atomic E-state index is 0.196. The Morgan fingerprint density at radius 2 is 1.76 bits per heavy atom. The molecule has 0 amide bonds. The number of rotatable bonds is 7. The van der Waals surface area contributed by atoms with E-state index in [9.17, 15) is 9.59 Å². The van der Waals surface area contributed by atoms with Gasteiger partial charge >= 0.3 is 5.97 Å². The monoisotopic (exact) mass is 542 g/mol. The van der Waals surface area contributed by atoms with Crippen LogP contribution < -0.4 is 29.1 Å². The molecule has 0 bridgehead atoms. The summed E-state index contributed by atoms with van der Waals surface area (Å²) < 4.78 is 23.5. The second kappa shape index (κ2) is 10.8. The van der Waals surface area contributed by atoms with Crippen molar-refractivity contribution in [3.8, 4) is 17.2 Å². The van der Waals surface area contributed by atoms with Gasteiger partial charge in [-0.25, -0.2) is 9.79 Å². The number of hydrogen-bond donors (Lipinski definition) is 0. The van der Waals surface area contributed by atoms with E-state index in [1.54, 1.807) is 39.2 Å². The normalized spacial score (nSPS) is 15.2. The fourth-order valence-electron chi connectivity index (χ4n) is 4.24. The Kier molecular flexibility index (Phi) is 7.75. The van der Waals surface area contributed by atoms with Crippen LogP contribution in [0.4, 0.5) is 0 Å². The largest absolute Gasteiger partial charge is 0.496 e. The zero-order valence-corrected chi connectivity index (χ0v) is 23.0. The maximum Gasteiger partial charge on any atom is 0.338 e. The van der Waals surface area contributed by atoms with Crippen LogP contribution in [0.5, 0.6) is 17.2 Å². The van der Waals surface area contributed by atoms with Gasteiger partial charge in [-0.15, -0.1) is 0 Å². The van der Waals surface area contributed by atoms with E-state index in [1.807, 2.05) is 25.1 Å². The molecule has 4 rings (SSSR count). The molecule has 0 aliphatic carbocycles. The van der Waals surface area contributed by atoms with Crippen LogP contribution in [0.15, 0.2) is 51.4 Å². The van der Waals surface area contributed by atoms with E-state index >= 15 is 0 Å². The number of allylic oxidation sites excluding steroid dienone is 1. The number of aromatic nitrogens is 1. The van der Waals surface area contributed by atoms with E-state index in [2.05, 4.69) is 4.99 Å². The molecule has 37 heavy (non-hydrogen) atoms. The van der Waals surface area contributed by atoms with Crippen LogP contribution in [0.2, 0.25) is 5.02 Å². The first-order valence-corrected chi connectivity index (χ1v) is 12.7. The van der Waals surface area contributed by atoms with Crippen molar-refractivity contribution in [3.05, 3.63) is 83.0 Å². The third kappa shape index (κ3) is 4.89. The molecule has 1 aliphatic heterocycles. The quantitative estimate of drug-likeness (QED) is 0.422. The molecule has 2 heterocycles. The molecule has 1 aromatic heterocycles. The van der Waals surface area contributed by atoms with Crippen LogP contribution in [-0.2, 0) is 9.53 Å². The number of carbonyl (C=O) groups is 1. The van der Waals surface area contributed by atoms with Gasteiger partial charge in [-0.3, -0.25) is 9.36 Å².